The molecule has 0 saturated carbocycles. The van der Waals surface area contributed by atoms with Crippen LogP contribution >= 0.6 is 0 Å². The summed E-state index contributed by atoms with van der Waals surface area (Å²) in [5.74, 6) is 1.94. The van der Waals surface area contributed by atoms with Crippen LogP contribution in [0.1, 0.15) is 22.7 Å². The Bertz CT molecular complexity index is 1510. The van der Waals surface area contributed by atoms with Crippen LogP contribution in [0.4, 0.5) is 0 Å². The van der Waals surface area contributed by atoms with Crippen LogP contribution in [-0.2, 0) is 6.54 Å². The fourth-order valence-electron chi connectivity index (χ4n) is 4.15. The Kier molecular flexibility index (Phi) is 5.09. The first kappa shape index (κ1) is 20.8. The molecule has 0 saturated heterocycles. The summed E-state index contributed by atoms with van der Waals surface area (Å²) in [6, 6.07) is 19.0. The van der Waals surface area contributed by atoms with Crippen molar-refractivity contribution in [2.24, 2.45) is 0 Å². The number of aryl methyl sites for hydroxylation is 3. The minimum atomic E-state index is -0.106. The van der Waals surface area contributed by atoms with E-state index in [4.69, 9.17) is 19.2 Å². The van der Waals surface area contributed by atoms with E-state index < -0.39 is 0 Å². The summed E-state index contributed by atoms with van der Waals surface area (Å²) in [5, 5.41) is 5.72. The first-order valence-corrected chi connectivity index (χ1v) is 10.7. The highest BCUT2D eigenvalue weighted by molar-refractivity contribution is 5.83. The number of methoxy groups -OCH3 is 1. The van der Waals surface area contributed by atoms with Crippen LogP contribution < -0.4 is 10.3 Å². The number of hydrogen-bond acceptors (Lipinski definition) is 5. The molecule has 7 nitrogen and oxygen atoms in total. The fourth-order valence-corrected chi connectivity index (χ4v) is 4.15. The first-order chi connectivity index (χ1) is 16.0. The van der Waals surface area contributed by atoms with Crippen LogP contribution in [0, 0.1) is 20.8 Å². The topological polar surface area (TPSA) is 75.1 Å². The molecule has 0 amide bonds. The molecule has 0 aliphatic rings. The Hall–Kier alpha value is -4.13. The molecule has 5 rings (SSSR count). The molecule has 0 spiro atoms. The molecule has 2 aromatic carbocycles. The maximum absolute atomic E-state index is 13.2. The lowest BCUT2D eigenvalue weighted by molar-refractivity contribution is 0.415. The van der Waals surface area contributed by atoms with Crippen molar-refractivity contribution >= 4 is 11.0 Å². The molecule has 0 radical (unpaired) electrons. The van der Waals surface area contributed by atoms with Gasteiger partial charge < -0.3 is 9.15 Å². The number of hydrogen-bond donors (Lipinski definition) is 0. The van der Waals surface area contributed by atoms with Crippen LogP contribution in [0.25, 0.3) is 28.2 Å². The second-order valence-electron chi connectivity index (χ2n) is 8.03. The van der Waals surface area contributed by atoms with E-state index in [-0.39, 0.29) is 12.1 Å². The number of rotatable bonds is 5. The van der Waals surface area contributed by atoms with Crippen molar-refractivity contribution in [1.29, 1.82) is 0 Å². The Labute approximate surface area is 190 Å². The highest BCUT2D eigenvalue weighted by Gasteiger charge is 2.20. The van der Waals surface area contributed by atoms with E-state index in [0.29, 0.717) is 17.3 Å². The third kappa shape index (κ3) is 3.61. The van der Waals surface area contributed by atoms with Crippen LogP contribution in [0.5, 0.6) is 5.75 Å². The van der Waals surface area contributed by atoms with Crippen molar-refractivity contribution in [3.63, 3.8) is 0 Å². The van der Waals surface area contributed by atoms with E-state index in [0.717, 1.165) is 39.3 Å². The van der Waals surface area contributed by atoms with Gasteiger partial charge in [-0.3, -0.25) is 9.36 Å². The second kappa shape index (κ2) is 8.09. The predicted octanol–water partition coefficient (Wildman–Crippen LogP) is 4.82. The van der Waals surface area contributed by atoms with Gasteiger partial charge in [-0.25, -0.2) is 9.67 Å². The Morgan fingerprint density at radius 3 is 2.42 bits per heavy atom. The van der Waals surface area contributed by atoms with Gasteiger partial charge >= 0.3 is 0 Å². The number of pyridine rings is 1. The van der Waals surface area contributed by atoms with Crippen molar-refractivity contribution in [3.05, 3.63) is 93.7 Å². The Morgan fingerprint density at radius 2 is 1.73 bits per heavy atom. The molecule has 0 fully saturated rings. The quantitative estimate of drug-likeness (QED) is 0.392. The third-order valence-electron chi connectivity index (χ3n) is 5.83. The lowest BCUT2D eigenvalue weighted by Crippen LogP contribution is -2.23. The van der Waals surface area contributed by atoms with Gasteiger partial charge in [-0.2, -0.15) is 5.10 Å². The summed E-state index contributed by atoms with van der Waals surface area (Å²) in [7, 11) is 1.63. The molecule has 0 atom stereocenters. The third-order valence-corrected chi connectivity index (χ3v) is 5.83. The highest BCUT2D eigenvalue weighted by atomic mass is 16.5. The molecule has 0 N–H and O–H groups in total. The average Bonchev–Trinajstić information content (AvgIpc) is 3.37. The smallest absolute Gasteiger partial charge is 0.252 e. The zero-order valence-corrected chi connectivity index (χ0v) is 19.0. The number of oxazole rings is 1. The van der Waals surface area contributed by atoms with Gasteiger partial charge in [-0.05, 0) is 62.7 Å². The van der Waals surface area contributed by atoms with E-state index in [1.54, 1.807) is 17.7 Å². The van der Waals surface area contributed by atoms with E-state index >= 15 is 0 Å². The standard InChI is InChI=1S/C26H24N4O3/c1-16-14-23(31)29(26-24(16)17(2)28-30(26)20-8-6-5-7-9-20)15-22-18(3)33-25(27-22)19-10-12-21(32-4)13-11-19/h5-14H,15H2,1-4H3. The highest BCUT2D eigenvalue weighted by Crippen LogP contribution is 2.27. The van der Waals surface area contributed by atoms with Gasteiger partial charge in [0.1, 0.15) is 22.9 Å². The molecular weight excluding hydrogens is 416 g/mol. The van der Waals surface area contributed by atoms with Crippen LogP contribution in [0.3, 0.4) is 0 Å². The zero-order chi connectivity index (χ0) is 23.1. The minimum absolute atomic E-state index is 0.106. The predicted molar refractivity (Wildman–Crippen MR) is 127 cm³/mol. The van der Waals surface area contributed by atoms with Crippen molar-refractivity contribution in [2.75, 3.05) is 7.11 Å². The van der Waals surface area contributed by atoms with Crippen LogP contribution in [0.15, 0.2) is 69.9 Å². The molecular formula is C26H24N4O3. The summed E-state index contributed by atoms with van der Waals surface area (Å²) < 4.78 is 14.7. The molecule has 0 bridgehead atoms. The van der Waals surface area contributed by atoms with E-state index in [2.05, 4.69) is 0 Å². The van der Waals surface area contributed by atoms with Gasteiger partial charge in [0.05, 0.1) is 25.0 Å². The van der Waals surface area contributed by atoms with Gasteiger partial charge in [0, 0.05) is 17.0 Å². The normalized spacial score (nSPS) is 11.3. The molecule has 0 unspecified atom stereocenters. The molecule has 3 heterocycles. The molecule has 0 aliphatic carbocycles. The zero-order valence-electron chi connectivity index (χ0n) is 19.0. The van der Waals surface area contributed by atoms with Gasteiger partial charge in [-0.15, -0.1) is 0 Å². The van der Waals surface area contributed by atoms with Crippen molar-refractivity contribution in [1.82, 2.24) is 19.3 Å². The largest absolute Gasteiger partial charge is 0.497 e. The summed E-state index contributed by atoms with van der Waals surface area (Å²) in [4.78, 5) is 17.9. The van der Waals surface area contributed by atoms with Gasteiger partial charge in [-0.1, -0.05) is 18.2 Å². The lowest BCUT2D eigenvalue weighted by atomic mass is 10.1. The number of aromatic nitrogens is 4. The summed E-state index contributed by atoms with van der Waals surface area (Å²) in [5.41, 5.74) is 4.86. The molecule has 5 aromatic rings. The average molecular weight is 441 g/mol. The number of benzene rings is 2. The summed E-state index contributed by atoms with van der Waals surface area (Å²) >= 11 is 0. The maximum atomic E-state index is 13.2. The fraction of sp³-hybridized carbons (Fsp3) is 0.192. The second-order valence-corrected chi connectivity index (χ2v) is 8.03. The summed E-state index contributed by atoms with van der Waals surface area (Å²) in [6.07, 6.45) is 0. The van der Waals surface area contributed by atoms with Crippen molar-refractivity contribution in [2.45, 2.75) is 27.3 Å². The number of nitrogens with zero attached hydrogens (tertiary/aromatic N) is 4. The molecule has 166 valence electrons. The van der Waals surface area contributed by atoms with Gasteiger partial charge in [0.25, 0.3) is 5.56 Å². The number of ether oxygens (including phenoxy) is 1. The van der Waals surface area contributed by atoms with E-state index in [1.807, 2.05) is 80.1 Å². The van der Waals surface area contributed by atoms with Crippen LogP contribution in [-0.4, -0.2) is 26.4 Å². The molecule has 7 heteroatoms. The Morgan fingerprint density at radius 1 is 1.00 bits per heavy atom. The van der Waals surface area contributed by atoms with Gasteiger partial charge in [0.15, 0.2) is 0 Å². The number of fused-ring (bicyclic) bond motifs is 1. The maximum Gasteiger partial charge on any atom is 0.252 e. The van der Waals surface area contributed by atoms with E-state index in [1.165, 1.54) is 0 Å². The minimum Gasteiger partial charge on any atom is -0.497 e. The molecule has 33 heavy (non-hydrogen) atoms. The van der Waals surface area contributed by atoms with Crippen molar-refractivity contribution < 1.29 is 9.15 Å². The molecule has 0 aliphatic heterocycles. The lowest BCUT2D eigenvalue weighted by Gasteiger charge is -2.11. The van der Waals surface area contributed by atoms with Gasteiger partial charge in [0.2, 0.25) is 5.89 Å². The number of para-hydroxylation sites is 1. The SMILES string of the molecule is COc1ccc(-c2nc(Cn3c(=O)cc(C)c4c(C)nn(-c5ccccc5)c43)c(C)o2)cc1. The van der Waals surface area contributed by atoms with Crippen molar-refractivity contribution in [3.8, 4) is 22.9 Å². The van der Waals surface area contributed by atoms with Crippen LogP contribution in [0.2, 0.25) is 0 Å². The first-order valence-electron chi connectivity index (χ1n) is 10.7. The summed E-state index contributed by atoms with van der Waals surface area (Å²) in [6.45, 7) is 6.05. The Balaban J connectivity index is 1.64. The van der Waals surface area contributed by atoms with E-state index in [9.17, 15) is 4.79 Å². The molecule has 3 aromatic heterocycles. The monoisotopic (exact) mass is 440 g/mol.